The van der Waals surface area contributed by atoms with Crippen molar-refractivity contribution < 1.29 is 24.1 Å². The number of methoxy groups -OCH3 is 1. The Morgan fingerprint density at radius 2 is 2.00 bits per heavy atom. The highest BCUT2D eigenvalue weighted by atomic mass is 79.9. The number of pyridine rings is 1. The van der Waals surface area contributed by atoms with Gasteiger partial charge in [-0.25, -0.2) is 19.1 Å². The Hall–Kier alpha value is -3.32. The normalized spacial score (nSPS) is 14.9. The Balaban J connectivity index is 1.72. The number of halogens is 1. The number of rotatable bonds is 8. The van der Waals surface area contributed by atoms with Gasteiger partial charge in [-0.1, -0.05) is 18.2 Å². The molecule has 1 atom stereocenters. The maximum atomic E-state index is 14.1. The van der Waals surface area contributed by atoms with E-state index in [9.17, 15) is 19.5 Å². The molecule has 1 saturated heterocycles. The molecule has 39 heavy (non-hydrogen) atoms. The molecular weight excluding hydrogens is 590 g/mol. The Kier molecular flexibility index (Phi) is 7.98. The van der Waals surface area contributed by atoms with Crippen molar-refractivity contribution in [2.24, 2.45) is 0 Å². The molecule has 5 rings (SSSR count). The van der Waals surface area contributed by atoms with Crippen molar-refractivity contribution in [1.82, 2.24) is 14.1 Å². The standard InChI is InChI=1S/C27H26BrN3O7S/c1-15-22-24(32)31(16-7-10-29-19(13-16)26(33)34)27(35)30(25(22)39-23(15)28)14-21(38-17-8-11-37-12-9-17)18-5-3-4-6-20(18)36-2/h3-7,10,13,17,21H,8-9,11-12,14H2,1-2H3,(H,33,34)/t21-/m0/s1. The summed E-state index contributed by atoms with van der Waals surface area (Å²) in [6.07, 6.45) is 2.04. The van der Waals surface area contributed by atoms with Crippen LogP contribution in [-0.4, -0.2) is 51.6 Å². The number of carbonyl (C=O) groups is 1. The van der Waals surface area contributed by atoms with Crippen molar-refractivity contribution in [3.63, 3.8) is 0 Å². The summed E-state index contributed by atoms with van der Waals surface area (Å²) in [7, 11) is 1.58. The summed E-state index contributed by atoms with van der Waals surface area (Å²) >= 11 is 4.82. The van der Waals surface area contributed by atoms with E-state index in [1.54, 1.807) is 14.0 Å². The van der Waals surface area contributed by atoms with Crippen LogP contribution >= 0.6 is 27.3 Å². The lowest BCUT2D eigenvalue weighted by Gasteiger charge is -2.29. The zero-order valence-electron chi connectivity index (χ0n) is 21.3. The van der Waals surface area contributed by atoms with E-state index in [4.69, 9.17) is 14.2 Å². The first-order chi connectivity index (χ1) is 18.8. The molecule has 1 aliphatic rings. The molecule has 0 spiro atoms. The van der Waals surface area contributed by atoms with Crippen molar-refractivity contribution in [3.05, 3.63) is 84.0 Å². The summed E-state index contributed by atoms with van der Waals surface area (Å²) in [6, 6.07) is 10.1. The molecule has 0 bridgehead atoms. The van der Waals surface area contributed by atoms with Crippen LogP contribution in [0, 0.1) is 6.92 Å². The molecule has 1 N–H and O–H groups in total. The molecule has 0 amide bonds. The quantitative estimate of drug-likeness (QED) is 0.311. The molecule has 1 aliphatic heterocycles. The number of hydrogen-bond acceptors (Lipinski definition) is 8. The lowest BCUT2D eigenvalue weighted by atomic mass is 10.1. The average Bonchev–Trinajstić information content (AvgIpc) is 3.25. The minimum Gasteiger partial charge on any atom is -0.496 e. The first-order valence-electron chi connectivity index (χ1n) is 12.3. The van der Waals surface area contributed by atoms with Gasteiger partial charge >= 0.3 is 11.7 Å². The van der Waals surface area contributed by atoms with Crippen molar-refractivity contribution in [1.29, 1.82) is 0 Å². The van der Waals surface area contributed by atoms with Crippen LogP contribution in [0.5, 0.6) is 5.75 Å². The largest absolute Gasteiger partial charge is 0.496 e. The van der Waals surface area contributed by atoms with E-state index in [-0.39, 0.29) is 24.0 Å². The topological polar surface area (TPSA) is 122 Å². The molecule has 3 aromatic heterocycles. The van der Waals surface area contributed by atoms with E-state index in [1.165, 1.54) is 34.2 Å². The van der Waals surface area contributed by atoms with Crippen LogP contribution in [0.1, 0.15) is 40.6 Å². The van der Waals surface area contributed by atoms with Crippen molar-refractivity contribution >= 4 is 43.5 Å². The number of fused-ring (bicyclic) bond motifs is 1. The number of carboxylic acids is 1. The van der Waals surface area contributed by atoms with Gasteiger partial charge in [-0.3, -0.25) is 9.36 Å². The summed E-state index contributed by atoms with van der Waals surface area (Å²) < 4.78 is 21.0. The smallest absolute Gasteiger partial charge is 0.354 e. The second-order valence-electron chi connectivity index (χ2n) is 9.10. The van der Waals surface area contributed by atoms with Gasteiger partial charge in [0.15, 0.2) is 0 Å². The zero-order valence-corrected chi connectivity index (χ0v) is 23.7. The first-order valence-corrected chi connectivity index (χ1v) is 13.9. The minimum absolute atomic E-state index is 0.0825. The number of ether oxygens (including phenoxy) is 3. The van der Waals surface area contributed by atoms with Gasteiger partial charge in [-0.05, 0) is 59.5 Å². The van der Waals surface area contributed by atoms with E-state index in [2.05, 4.69) is 20.9 Å². The van der Waals surface area contributed by atoms with Gasteiger partial charge in [-0.2, -0.15) is 0 Å². The lowest BCUT2D eigenvalue weighted by Crippen LogP contribution is -2.40. The van der Waals surface area contributed by atoms with Gasteiger partial charge < -0.3 is 19.3 Å². The molecular formula is C27H26BrN3O7S. The van der Waals surface area contributed by atoms with Crippen LogP contribution in [0.4, 0.5) is 0 Å². The van der Waals surface area contributed by atoms with E-state index in [0.29, 0.717) is 47.6 Å². The maximum absolute atomic E-state index is 14.1. The monoisotopic (exact) mass is 615 g/mol. The van der Waals surface area contributed by atoms with Crippen LogP contribution in [0.3, 0.4) is 0 Å². The van der Waals surface area contributed by atoms with E-state index in [0.717, 1.165) is 13.9 Å². The summed E-state index contributed by atoms with van der Waals surface area (Å²) in [6.45, 7) is 3.07. The molecule has 4 heterocycles. The molecule has 10 nitrogen and oxygen atoms in total. The van der Waals surface area contributed by atoms with Crippen LogP contribution < -0.4 is 16.0 Å². The SMILES string of the molecule is COc1ccccc1[C@H](Cn1c(=O)n(-c2ccnc(C(=O)O)c2)c(=O)c2c(C)c(Br)sc21)OC1CCOCC1. The van der Waals surface area contributed by atoms with Crippen molar-refractivity contribution in [2.75, 3.05) is 20.3 Å². The van der Waals surface area contributed by atoms with Gasteiger partial charge in [0.1, 0.15) is 22.4 Å². The Morgan fingerprint density at radius 3 is 2.72 bits per heavy atom. The molecule has 0 aliphatic carbocycles. The van der Waals surface area contributed by atoms with Gasteiger partial charge in [0.25, 0.3) is 5.56 Å². The predicted octanol–water partition coefficient (Wildman–Crippen LogP) is 4.32. The van der Waals surface area contributed by atoms with Crippen molar-refractivity contribution in [3.8, 4) is 11.4 Å². The number of thiophene rings is 1. The number of hydrogen-bond donors (Lipinski definition) is 1. The molecule has 1 fully saturated rings. The van der Waals surface area contributed by atoms with Crippen LogP contribution in [0.25, 0.3) is 15.9 Å². The van der Waals surface area contributed by atoms with E-state index in [1.807, 2.05) is 24.3 Å². The number of nitrogens with zero attached hydrogens (tertiary/aromatic N) is 3. The Morgan fingerprint density at radius 1 is 1.26 bits per heavy atom. The predicted molar refractivity (Wildman–Crippen MR) is 150 cm³/mol. The fourth-order valence-corrected chi connectivity index (χ4v) is 6.43. The fourth-order valence-electron chi connectivity index (χ4n) is 4.74. The highest BCUT2D eigenvalue weighted by molar-refractivity contribution is 9.11. The highest BCUT2D eigenvalue weighted by Gasteiger charge is 2.27. The molecule has 0 radical (unpaired) electrons. The summed E-state index contributed by atoms with van der Waals surface area (Å²) in [5.74, 6) is -0.641. The number of carboxylic acid groups (broad SMARTS) is 1. The average molecular weight is 616 g/mol. The second-order valence-corrected chi connectivity index (χ2v) is 11.4. The third-order valence-electron chi connectivity index (χ3n) is 6.73. The molecule has 0 unspecified atom stereocenters. The van der Waals surface area contributed by atoms with Gasteiger partial charge in [-0.15, -0.1) is 11.3 Å². The highest BCUT2D eigenvalue weighted by Crippen LogP contribution is 2.35. The van der Waals surface area contributed by atoms with Crippen LogP contribution in [0.15, 0.2) is 56.0 Å². The van der Waals surface area contributed by atoms with E-state index < -0.39 is 23.3 Å². The number of aromatic carboxylic acids is 1. The molecule has 1 aromatic carbocycles. The third kappa shape index (κ3) is 5.29. The van der Waals surface area contributed by atoms with Crippen molar-refractivity contribution in [2.45, 2.75) is 38.5 Å². The van der Waals surface area contributed by atoms with Crippen LogP contribution in [-0.2, 0) is 16.0 Å². The lowest BCUT2D eigenvalue weighted by molar-refractivity contribution is -0.0752. The zero-order chi connectivity index (χ0) is 27.7. The van der Waals surface area contributed by atoms with Gasteiger partial charge in [0.05, 0.1) is 34.6 Å². The first kappa shape index (κ1) is 27.3. The van der Waals surface area contributed by atoms with Gasteiger partial charge in [0, 0.05) is 25.0 Å². The molecule has 12 heteroatoms. The molecule has 0 saturated carbocycles. The van der Waals surface area contributed by atoms with Gasteiger partial charge in [0.2, 0.25) is 0 Å². The second kappa shape index (κ2) is 11.4. The Bertz CT molecular complexity index is 1660. The maximum Gasteiger partial charge on any atom is 0.354 e. The van der Waals surface area contributed by atoms with Crippen LogP contribution in [0.2, 0.25) is 0 Å². The third-order valence-corrected chi connectivity index (χ3v) is 8.92. The minimum atomic E-state index is -1.26. The van der Waals surface area contributed by atoms with E-state index >= 15 is 0 Å². The molecule has 4 aromatic rings. The number of aromatic nitrogens is 3. The molecule has 204 valence electrons. The number of aryl methyl sites for hydroxylation is 1. The summed E-state index contributed by atoms with van der Waals surface area (Å²) in [4.78, 5) is 43.6. The Labute approximate surface area is 235 Å². The number of benzene rings is 1. The fraction of sp³-hybridized carbons (Fsp3) is 0.333. The summed E-state index contributed by atoms with van der Waals surface area (Å²) in [5, 5.41) is 9.81. The number of para-hydroxylation sites is 1. The summed E-state index contributed by atoms with van der Waals surface area (Å²) in [5.41, 5.74) is 0.159.